The molecule has 0 saturated heterocycles. The van der Waals surface area contributed by atoms with Crippen LogP contribution in [-0.2, 0) is 0 Å². The molecule has 3 aliphatic carbocycles. The van der Waals surface area contributed by atoms with Crippen LogP contribution in [0.25, 0.3) is 33.5 Å². The maximum atomic E-state index is 5.11. The summed E-state index contributed by atoms with van der Waals surface area (Å²) in [5.74, 6) is 0. The SMILES string of the molecule is C1=CC23C=CCC(Nc4ccc(N(c5ccccc5)c5ccc(-c6nc7ccccc7nc6-c6ccccc6)cc5)cc4)=CC2(C=C1)C3.CC.CCC. The molecule has 3 aliphatic rings. The Morgan fingerprint density at radius 2 is 1.06 bits per heavy atom. The molecule has 4 heteroatoms. The van der Waals surface area contributed by atoms with E-state index in [0.717, 1.165) is 69.1 Å². The fourth-order valence-corrected chi connectivity index (χ4v) is 7.35. The predicted octanol–water partition coefficient (Wildman–Crippen LogP) is 13.6. The summed E-state index contributed by atoms with van der Waals surface area (Å²) in [5, 5.41) is 3.73. The number of anilines is 4. The zero-order valence-corrected chi connectivity index (χ0v) is 31.2. The van der Waals surface area contributed by atoms with Crippen molar-refractivity contribution in [2.45, 2.75) is 47.0 Å². The van der Waals surface area contributed by atoms with E-state index in [2.05, 4.69) is 158 Å². The van der Waals surface area contributed by atoms with Crippen LogP contribution in [0.1, 0.15) is 47.0 Å². The normalized spacial score (nSPS) is 18.9. The first-order chi connectivity index (χ1) is 26.1. The molecule has 0 aliphatic heterocycles. The number of allylic oxidation sites excluding steroid dienone is 7. The second kappa shape index (κ2) is 15.7. The van der Waals surface area contributed by atoms with Gasteiger partial charge in [-0.2, -0.15) is 0 Å². The molecule has 0 bridgehead atoms. The Morgan fingerprint density at radius 3 is 1.66 bits per heavy atom. The van der Waals surface area contributed by atoms with E-state index >= 15 is 0 Å². The molecule has 6 aromatic rings. The highest BCUT2D eigenvalue weighted by Gasteiger charge is 2.62. The fraction of sp³-hybridized carbons (Fsp3) is 0.184. The lowest BCUT2D eigenvalue weighted by Gasteiger charge is -2.26. The predicted molar refractivity (Wildman–Crippen MR) is 226 cm³/mol. The van der Waals surface area contributed by atoms with Gasteiger partial charge < -0.3 is 10.2 Å². The van der Waals surface area contributed by atoms with Gasteiger partial charge in [-0.3, -0.25) is 0 Å². The molecule has 1 aromatic heterocycles. The molecule has 2 atom stereocenters. The van der Waals surface area contributed by atoms with E-state index in [1.54, 1.807) is 0 Å². The van der Waals surface area contributed by atoms with Crippen molar-refractivity contribution >= 4 is 33.8 Å². The van der Waals surface area contributed by atoms with Crippen molar-refractivity contribution < 1.29 is 0 Å². The molecule has 4 nitrogen and oxygen atoms in total. The van der Waals surface area contributed by atoms with Crippen LogP contribution >= 0.6 is 0 Å². The van der Waals surface area contributed by atoms with Crippen molar-refractivity contribution in [1.29, 1.82) is 0 Å². The van der Waals surface area contributed by atoms with Crippen LogP contribution in [-0.4, -0.2) is 9.97 Å². The van der Waals surface area contributed by atoms with Crippen LogP contribution in [0.15, 0.2) is 182 Å². The summed E-state index contributed by atoms with van der Waals surface area (Å²) in [4.78, 5) is 12.5. The van der Waals surface area contributed by atoms with Gasteiger partial charge in [0.25, 0.3) is 0 Å². The molecule has 0 radical (unpaired) electrons. The first-order valence-corrected chi connectivity index (χ1v) is 19.0. The highest BCUT2D eigenvalue weighted by molar-refractivity contribution is 5.87. The minimum atomic E-state index is 0.119. The number of nitrogens with zero attached hydrogens (tertiary/aromatic N) is 3. The van der Waals surface area contributed by atoms with Crippen LogP contribution in [0.4, 0.5) is 22.7 Å². The van der Waals surface area contributed by atoms with E-state index in [1.165, 1.54) is 12.1 Å². The molecule has 0 spiro atoms. The molecule has 1 saturated carbocycles. The molecule has 1 fully saturated rings. The van der Waals surface area contributed by atoms with E-state index in [1.807, 2.05) is 56.3 Å². The number of benzene rings is 5. The smallest absolute Gasteiger partial charge is 0.0973 e. The van der Waals surface area contributed by atoms with Crippen LogP contribution < -0.4 is 10.2 Å². The van der Waals surface area contributed by atoms with E-state index < -0.39 is 0 Å². The summed E-state index contributed by atoms with van der Waals surface area (Å²) in [6.45, 7) is 8.25. The van der Waals surface area contributed by atoms with E-state index in [0.29, 0.717) is 0 Å². The first-order valence-electron chi connectivity index (χ1n) is 19.0. The molecule has 2 unspecified atom stereocenters. The Balaban J connectivity index is 0.000000830. The second-order valence-corrected chi connectivity index (χ2v) is 13.6. The largest absolute Gasteiger partial charge is 0.359 e. The molecular formula is C49H48N4. The molecule has 0 amide bonds. The van der Waals surface area contributed by atoms with Gasteiger partial charge in [-0.25, -0.2) is 9.97 Å². The molecule has 9 rings (SSSR count). The average molecular weight is 693 g/mol. The van der Waals surface area contributed by atoms with Crippen LogP contribution in [0.3, 0.4) is 0 Å². The number of hydrogen-bond donors (Lipinski definition) is 1. The minimum absolute atomic E-state index is 0.119. The van der Waals surface area contributed by atoms with E-state index in [9.17, 15) is 0 Å². The van der Waals surface area contributed by atoms with Gasteiger partial charge in [0, 0.05) is 56.8 Å². The van der Waals surface area contributed by atoms with Crippen molar-refractivity contribution in [1.82, 2.24) is 9.97 Å². The molecule has 53 heavy (non-hydrogen) atoms. The molecule has 1 N–H and O–H groups in total. The summed E-state index contributed by atoms with van der Waals surface area (Å²) in [6, 6.07) is 46.3. The number of para-hydroxylation sites is 3. The maximum absolute atomic E-state index is 5.11. The quantitative estimate of drug-likeness (QED) is 0.169. The molecule has 5 aromatic carbocycles. The van der Waals surface area contributed by atoms with Crippen molar-refractivity contribution in [2.24, 2.45) is 10.8 Å². The van der Waals surface area contributed by atoms with Gasteiger partial charge >= 0.3 is 0 Å². The van der Waals surface area contributed by atoms with Crippen molar-refractivity contribution in [3.63, 3.8) is 0 Å². The van der Waals surface area contributed by atoms with Gasteiger partial charge in [0.1, 0.15) is 0 Å². The van der Waals surface area contributed by atoms with Crippen molar-refractivity contribution in [3.8, 4) is 22.5 Å². The van der Waals surface area contributed by atoms with Gasteiger partial charge in [0.2, 0.25) is 0 Å². The number of aromatic nitrogens is 2. The number of hydrogen-bond acceptors (Lipinski definition) is 4. The molecule has 1 heterocycles. The van der Waals surface area contributed by atoms with Gasteiger partial charge in [-0.15, -0.1) is 0 Å². The number of rotatable bonds is 7. The zero-order chi connectivity index (χ0) is 36.7. The van der Waals surface area contributed by atoms with Crippen LogP contribution in [0.5, 0.6) is 0 Å². The van der Waals surface area contributed by atoms with Crippen molar-refractivity contribution in [3.05, 3.63) is 182 Å². The number of fused-ring (bicyclic) bond motifs is 1. The Labute approximate surface area is 315 Å². The highest BCUT2D eigenvalue weighted by atomic mass is 15.1. The van der Waals surface area contributed by atoms with Gasteiger partial charge in [0.05, 0.1) is 22.4 Å². The minimum Gasteiger partial charge on any atom is -0.359 e. The first kappa shape index (κ1) is 35.4. The third-order valence-corrected chi connectivity index (χ3v) is 9.87. The summed E-state index contributed by atoms with van der Waals surface area (Å²) >= 11 is 0. The summed E-state index contributed by atoms with van der Waals surface area (Å²) in [6.07, 6.45) is 19.6. The number of nitrogens with one attached hydrogen (secondary N) is 1. The second-order valence-electron chi connectivity index (χ2n) is 13.6. The van der Waals surface area contributed by atoms with E-state index in [4.69, 9.17) is 9.97 Å². The molecule has 264 valence electrons. The lowest BCUT2D eigenvalue weighted by Crippen LogP contribution is -2.10. The zero-order valence-electron chi connectivity index (χ0n) is 31.2. The summed E-state index contributed by atoms with van der Waals surface area (Å²) in [7, 11) is 0. The fourth-order valence-electron chi connectivity index (χ4n) is 7.35. The average Bonchev–Trinajstić information content (AvgIpc) is 3.91. The Kier molecular flexibility index (Phi) is 10.5. The van der Waals surface area contributed by atoms with Gasteiger partial charge in [-0.1, -0.05) is 149 Å². The summed E-state index contributed by atoms with van der Waals surface area (Å²) < 4.78 is 0. The highest BCUT2D eigenvalue weighted by Crippen LogP contribution is 2.70. The topological polar surface area (TPSA) is 41.0 Å². The lowest BCUT2D eigenvalue weighted by molar-refractivity contribution is 0.668. The monoisotopic (exact) mass is 692 g/mol. The standard InChI is InChI=1S/C44H34N4.C3H8.C2H6/c1-3-12-32(13-4-1)41-42(47-40-18-8-7-17-39(40)46-41)33-19-23-37(24-20-33)48(36-15-5-2-6-16-36)38-25-21-34(22-26-38)45-35-14-11-29-43-27-9-10-28-44(43,30-35)31-43;1-3-2;1-2/h1-13,15-30,45H,14,31H2;3H2,1-2H3;1-2H3. The third-order valence-electron chi connectivity index (χ3n) is 9.87. The van der Waals surface area contributed by atoms with Crippen molar-refractivity contribution in [2.75, 3.05) is 10.2 Å². The maximum Gasteiger partial charge on any atom is 0.0973 e. The van der Waals surface area contributed by atoms with Gasteiger partial charge in [0.15, 0.2) is 0 Å². The van der Waals surface area contributed by atoms with Crippen LogP contribution in [0, 0.1) is 10.8 Å². The third kappa shape index (κ3) is 7.23. The lowest BCUT2D eigenvalue weighted by atomic mass is 9.88. The van der Waals surface area contributed by atoms with E-state index in [-0.39, 0.29) is 10.8 Å². The Hall–Kier alpha value is -6.00. The Bertz CT molecular complexity index is 2270. The van der Waals surface area contributed by atoms with Crippen LogP contribution in [0.2, 0.25) is 0 Å². The van der Waals surface area contributed by atoms with Gasteiger partial charge in [-0.05, 0) is 67.1 Å². The molecular weight excluding hydrogens is 645 g/mol. The summed E-state index contributed by atoms with van der Waals surface area (Å²) in [5.41, 5.74) is 11.5. The Morgan fingerprint density at radius 1 is 0.566 bits per heavy atom.